The van der Waals surface area contributed by atoms with Crippen molar-refractivity contribution in [2.45, 2.75) is 136 Å². The maximum Gasteiger partial charge on any atom is 0.311 e. The molecular weight excluding hydrogens is 384 g/mol. The van der Waals surface area contributed by atoms with Gasteiger partial charge in [0.25, 0.3) is 0 Å². The molecule has 3 nitrogen and oxygen atoms in total. The summed E-state index contributed by atoms with van der Waals surface area (Å²) in [5, 5.41) is 9.98. The van der Waals surface area contributed by atoms with E-state index in [0.29, 0.717) is 12.2 Å². The fraction of sp³-hybridized carbons (Fsp3) is 0.750. The first-order chi connectivity index (χ1) is 15.1. The van der Waals surface area contributed by atoms with E-state index in [1.807, 2.05) is 0 Å². The molecule has 0 saturated heterocycles. The van der Waals surface area contributed by atoms with Crippen LogP contribution in [0.3, 0.4) is 0 Å². The van der Waals surface area contributed by atoms with Crippen LogP contribution >= 0.6 is 0 Å². The summed E-state index contributed by atoms with van der Waals surface area (Å²) in [6.45, 7) is 6.42. The van der Waals surface area contributed by atoms with E-state index in [0.717, 1.165) is 24.8 Å². The average Bonchev–Trinajstić information content (AvgIpc) is 2.77. The Labute approximate surface area is 192 Å². The van der Waals surface area contributed by atoms with Crippen molar-refractivity contribution in [2.75, 3.05) is 0 Å². The Morgan fingerprint density at radius 3 is 1.77 bits per heavy atom. The van der Waals surface area contributed by atoms with Crippen molar-refractivity contribution < 1.29 is 14.6 Å². The molecule has 0 saturated carbocycles. The van der Waals surface area contributed by atoms with E-state index in [-0.39, 0.29) is 17.6 Å². The number of hydrogen-bond donors (Lipinski definition) is 1. The van der Waals surface area contributed by atoms with Crippen LogP contribution in [0.2, 0.25) is 0 Å². The number of rotatable bonds is 19. The maximum atomic E-state index is 12.1. The Hall–Kier alpha value is -1.51. The molecule has 1 aromatic carbocycles. The molecule has 178 valence electrons. The highest BCUT2D eigenvalue weighted by atomic mass is 16.5. The Balaban J connectivity index is 1.98. The smallest absolute Gasteiger partial charge is 0.311 e. The lowest BCUT2D eigenvalue weighted by molar-refractivity contribution is -0.134. The van der Waals surface area contributed by atoms with Gasteiger partial charge in [-0.05, 0) is 37.0 Å². The SMILES string of the molecule is CCCCCCCCCCCCCCCCCC(=O)Oc1ccc(O)c(C(C)CC)c1. The van der Waals surface area contributed by atoms with Crippen LogP contribution < -0.4 is 4.74 Å². The predicted molar refractivity (Wildman–Crippen MR) is 132 cm³/mol. The molecule has 1 aromatic rings. The Bertz CT molecular complexity index is 582. The average molecular weight is 433 g/mol. The van der Waals surface area contributed by atoms with Gasteiger partial charge in [-0.2, -0.15) is 0 Å². The van der Waals surface area contributed by atoms with Gasteiger partial charge in [0.1, 0.15) is 11.5 Å². The van der Waals surface area contributed by atoms with E-state index >= 15 is 0 Å². The van der Waals surface area contributed by atoms with Crippen molar-refractivity contribution in [3.05, 3.63) is 23.8 Å². The van der Waals surface area contributed by atoms with E-state index in [1.54, 1.807) is 18.2 Å². The molecule has 0 bridgehead atoms. The van der Waals surface area contributed by atoms with Crippen LogP contribution in [0.25, 0.3) is 0 Å². The molecule has 0 amide bonds. The molecule has 0 aliphatic heterocycles. The maximum absolute atomic E-state index is 12.1. The largest absolute Gasteiger partial charge is 0.508 e. The van der Waals surface area contributed by atoms with Crippen molar-refractivity contribution in [1.29, 1.82) is 0 Å². The topological polar surface area (TPSA) is 46.5 Å². The second-order valence-corrected chi connectivity index (χ2v) is 9.20. The normalized spacial score (nSPS) is 12.1. The minimum atomic E-state index is -0.171. The van der Waals surface area contributed by atoms with Crippen LogP contribution in [0.5, 0.6) is 11.5 Å². The molecule has 0 aromatic heterocycles. The second-order valence-electron chi connectivity index (χ2n) is 9.20. The summed E-state index contributed by atoms with van der Waals surface area (Å²) < 4.78 is 5.47. The van der Waals surface area contributed by atoms with Gasteiger partial charge in [-0.15, -0.1) is 0 Å². The van der Waals surface area contributed by atoms with Crippen molar-refractivity contribution >= 4 is 5.97 Å². The number of benzene rings is 1. The van der Waals surface area contributed by atoms with Crippen molar-refractivity contribution in [1.82, 2.24) is 0 Å². The van der Waals surface area contributed by atoms with E-state index in [4.69, 9.17) is 4.74 Å². The number of ether oxygens (including phenoxy) is 1. The first kappa shape index (κ1) is 27.5. The quantitative estimate of drug-likeness (QED) is 0.135. The highest BCUT2D eigenvalue weighted by Gasteiger charge is 2.12. The minimum absolute atomic E-state index is 0.171. The summed E-state index contributed by atoms with van der Waals surface area (Å²) in [6, 6.07) is 5.09. The van der Waals surface area contributed by atoms with Gasteiger partial charge in [0.2, 0.25) is 0 Å². The lowest BCUT2D eigenvalue weighted by Gasteiger charge is -2.13. The molecule has 1 rings (SSSR count). The Morgan fingerprint density at radius 1 is 0.806 bits per heavy atom. The van der Waals surface area contributed by atoms with Crippen LogP contribution in [-0.4, -0.2) is 11.1 Å². The molecule has 0 radical (unpaired) electrons. The van der Waals surface area contributed by atoms with Gasteiger partial charge in [0, 0.05) is 12.0 Å². The first-order valence-corrected chi connectivity index (χ1v) is 13.1. The zero-order valence-corrected chi connectivity index (χ0v) is 20.6. The fourth-order valence-electron chi connectivity index (χ4n) is 4.03. The molecule has 1 N–H and O–H groups in total. The Morgan fingerprint density at radius 2 is 1.29 bits per heavy atom. The van der Waals surface area contributed by atoms with Gasteiger partial charge in [0.15, 0.2) is 0 Å². The summed E-state index contributed by atoms with van der Waals surface area (Å²) in [7, 11) is 0. The molecule has 0 spiro atoms. The van der Waals surface area contributed by atoms with Crippen molar-refractivity contribution in [3.63, 3.8) is 0 Å². The predicted octanol–water partition coefficient (Wildman–Crippen LogP) is 9.07. The molecule has 1 unspecified atom stereocenters. The van der Waals surface area contributed by atoms with Crippen LogP contribution in [0.1, 0.15) is 141 Å². The summed E-state index contributed by atoms with van der Waals surface area (Å²) >= 11 is 0. The summed E-state index contributed by atoms with van der Waals surface area (Å²) in [6.07, 6.45) is 21.2. The summed E-state index contributed by atoms with van der Waals surface area (Å²) in [5.74, 6) is 0.889. The van der Waals surface area contributed by atoms with Crippen LogP contribution in [0.4, 0.5) is 0 Å². The molecule has 0 fully saturated rings. The third-order valence-corrected chi connectivity index (χ3v) is 6.36. The van der Waals surface area contributed by atoms with E-state index in [2.05, 4.69) is 20.8 Å². The standard InChI is InChI=1S/C28H48O3/c1-4-6-7-8-9-10-11-12-13-14-15-16-17-18-19-20-28(30)31-25-21-22-27(29)26(23-25)24(3)5-2/h21-24,29H,4-20H2,1-3H3. The van der Waals surface area contributed by atoms with E-state index < -0.39 is 0 Å². The van der Waals surface area contributed by atoms with E-state index in [1.165, 1.54) is 83.5 Å². The third kappa shape index (κ3) is 13.5. The lowest BCUT2D eigenvalue weighted by Crippen LogP contribution is -2.08. The number of hydrogen-bond acceptors (Lipinski definition) is 3. The van der Waals surface area contributed by atoms with Gasteiger partial charge in [-0.3, -0.25) is 4.79 Å². The van der Waals surface area contributed by atoms with Gasteiger partial charge >= 0.3 is 5.97 Å². The summed E-state index contributed by atoms with van der Waals surface area (Å²) in [5.41, 5.74) is 0.847. The highest BCUT2D eigenvalue weighted by Crippen LogP contribution is 2.31. The number of unbranched alkanes of at least 4 members (excludes halogenated alkanes) is 14. The van der Waals surface area contributed by atoms with Crippen LogP contribution in [0, 0.1) is 0 Å². The van der Waals surface area contributed by atoms with Gasteiger partial charge in [-0.1, -0.05) is 111 Å². The number of carbonyl (C=O) groups excluding carboxylic acids is 1. The number of aromatic hydroxyl groups is 1. The zero-order valence-electron chi connectivity index (χ0n) is 20.6. The van der Waals surface area contributed by atoms with Gasteiger partial charge in [-0.25, -0.2) is 0 Å². The molecule has 1 atom stereocenters. The minimum Gasteiger partial charge on any atom is -0.508 e. The second kappa shape index (κ2) is 18.1. The van der Waals surface area contributed by atoms with Crippen LogP contribution in [0.15, 0.2) is 18.2 Å². The molecule has 31 heavy (non-hydrogen) atoms. The van der Waals surface area contributed by atoms with Crippen molar-refractivity contribution in [3.8, 4) is 11.5 Å². The van der Waals surface area contributed by atoms with Gasteiger partial charge < -0.3 is 9.84 Å². The first-order valence-electron chi connectivity index (χ1n) is 13.1. The number of esters is 1. The monoisotopic (exact) mass is 432 g/mol. The molecule has 3 heteroatoms. The number of phenolic OH excluding ortho intramolecular Hbond substituents is 1. The molecule has 0 aliphatic carbocycles. The third-order valence-electron chi connectivity index (χ3n) is 6.36. The lowest BCUT2D eigenvalue weighted by atomic mass is 9.97. The zero-order chi connectivity index (χ0) is 22.7. The van der Waals surface area contributed by atoms with Gasteiger partial charge in [0.05, 0.1) is 0 Å². The van der Waals surface area contributed by atoms with Crippen LogP contribution in [-0.2, 0) is 4.79 Å². The van der Waals surface area contributed by atoms with E-state index in [9.17, 15) is 9.90 Å². The highest BCUT2D eigenvalue weighted by molar-refractivity contribution is 5.72. The fourth-order valence-corrected chi connectivity index (χ4v) is 4.03. The molecular formula is C28H48O3. The Kier molecular flexibility index (Phi) is 16.1. The van der Waals surface area contributed by atoms with Crippen molar-refractivity contribution in [2.24, 2.45) is 0 Å². The molecule has 0 heterocycles. The molecule has 0 aliphatic rings. The number of phenols is 1. The summed E-state index contributed by atoms with van der Waals surface area (Å²) in [4.78, 5) is 12.1. The number of carbonyl (C=O) groups is 1.